The number of nitrogens with one attached hydrogen (secondary N) is 2. The molecule has 0 aliphatic heterocycles. The molecule has 2 rings (SSSR count). The van der Waals surface area contributed by atoms with Crippen LogP contribution in [0.25, 0.3) is 0 Å². The van der Waals surface area contributed by atoms with E-state index in [1.807, 2.05) is 50.2 Å². The summed E-state index contributed by atoms with van der Waals surface area (Å²) in [4.78, 5) is 16.2. The summed E-state index contributed by atoms with van der Waals surface area (Å²) in [6.07, 6.45) is 1.71. The van der Waals surface area contributed by atoms with Crippen LogP contribution in [-0.4, -0.2) is 11.0 Å². The van der Waals surface area contributed by atoms with Crippen molar-refractivity contribution in [2.24, 2.45) is 0 Å². The molecule has 1 heterocycles. The Hall–Kier alpha value is -1.88. The van der Waals surface area contributed by atoms with Crippen LogP contribution in [0.3, 0.4) is 0 Å². The molecule has 1 aromatic carbocycles. The van der Waals surface area contributed by atoms with Gasteiger partial charge in [0.15, 0.2) is 0 Å². The maximum Gasteiger partial charge on any atom is 0.319 e. The van der Waals surface area contributed by atoms with Crippen LogP contribution in [0.15, 0.2) is 47.1 Å². The van der Waals surface area contributed by atoms with Gasteiger partial charge in [0, 0.05) is 16.4 Å². The fraction of sp³-hybridized carbons (Fsp3) is 0.200. The van der Waals surface area contributed by atoms with Gasteiger partial charge < -0.3 is 10.6 Å². The van der Waals surface area contributed by atoms with E-state index >= 15 is 0 Å². The Morgan fingerprint density at radius 1 is 1.30 bits per heavy atom. The highest BCUT2D eigenvalue weighted by Gasteiger charge is 2.11. The van der Waals surface area contributed by atoms with E-state index in [2.05, 4.69) is 31.5 Å². The largest absolute Gasteiger partial charge is 0.330 e. The summed E-state index contributed by atoms with van der Waals surface area (Å²) in [6, 6.07) is 11.0. The lowest BCUT2D eigenvalue weighted by atomic mass is 10.2. The third-order valence-corrected chi connectivity index (χ3v) is 3.41. The minimum absolute atomic E-state index is 0.146. The maximum absolute atomic E-state index is 12.0. The Morgan fingerprint density at radius 2 is 2.10 bits per heavy atom. The quantitative estimate of drug-likeness (QED) is 0.890. The Morgan fingerprint density at radius 3 is 2.75 bits per heavy atom. The minimum Gasteiger partial charge on any atom is -0.330 e. The predicted molar refractivity (Wildman–Crippen MR) is 83.7 cm³/mol. The van der Waals surface area contributed by atoms with Crippen LogP contribution in [0.1, 0.15) is 24.2 Å². The second kappa shape index (κ2) is 6.52. The molecule has 2 aromatic rings. The molecular formula is C15H16BrN3O. The van der Waals surface area contributed by atoms with Gasteiger partial charge in [0.25, 0.3) is 0 Å². The highest BCUT2D eigenvalue weighted by molar-refractivity contribution is 9.10. The zero-order chi connectivity index (χ0) is 14.5. The van der Waals surface area contributed by atoms with Crippen molar-refractivity contribution in [3.8, 4) is 0 Å². The van der Waals surface area contributed by atoms with Crippen LogP contribution in [0.4, 0.5) is 10.5 Å². The number of benzene rings is 1. The number of anilines is 1. The van der Waals surface area contributed by atoms with E-state index in [-0.39, 0.29) is 12.1 Å². The smallest absolute Gasteiger partial charge is 0.319 e. The molecule has 0 saturated heterocycles. The molecule has 0 saturated carbocycles. The molecule has 2 N–H and O–H groups in total. The zero-order valence-electron chi connectivity index (χ0n) is 11.4. The highest BCUT2D eigenvalue weighted by atomic mass is 79.9. The fourth-order valence-electron chi connectivity index (χ4n) is 1.83. The van der Waals surface area contributed by atoms with Gasteiger partial charge in [-0.25, -0.2) is 4.79 Å². The van der Waals surface area contributed by atoms with Crippen molar-refractivity contribution in [2.75, 3.05) is 5.32 Å². The van der Waals surface area contributed by atoms with Gasteiger partial charge in [-0.2, -0.15) is 0 Å². The maximum atomic E-state index is 12.0. The number of halogens is 1. The van der Waals surface area contributed by atoms with Crippen molar-refractivity contribution in [3.05, 3.63) is 58.3 Å². The van der Waals surface area contributed by atoms with Crippen molar-refractivity contribution < 1.29 is 4.79 Å². The lowest BCUT2D eigenvalue weighted by molar-refractivity contribution is 0.249. The van der Waals surface area contributed by atoms with Crippen LogP contribution in [0, 0.1) is 6.92 Å². The SMILES string of the molecule is Cc1cc(Br)ccc1NC(=O)N[C@@H](C)c1ccccn1. The lowest BCUT2D eigenvalue weighted by Gasteiger charge is -2.15. The summed E-state index contributed by atoms with van der Waals surface area (Å²) in [5.74, 6) is 0. The van der Waals surface area contributed by atoms with Gasteiger partial charge in [-0.05, 0) is 49.7 Å². The number of amides is 2. The summed E-state index contributed by atoms with van der Waals surface area (Å²) in [7, 11) is 0. The second-order valence-corrected chi connectivity index (χ2v) is 5.45. The second-order valence-electron chi connectivity index (χ2n) is 4.53. The van der Waals surface area contributed by atoms with E-state index in [1.165, 1.54) is 0 Å². The fourth-order valence-corrected chi connectivity index (χ4v) is 2.30. The third-order valence-electron chi connectivity index (χ3n) is 2.92. The number of rotatable bonds is 3. The van der Waals surface area contributed by atoms with Crippen LogP contribution in [0.2, 0.25) is 0 Å². The molecule has 0 aliphatic rings. The summed E-state index contributed by atoms with van der Waals surface area (Å²) in [5, 5.41) is 5.70. The molecule has 0 fully saturated rings. The van der Waals surface area contributed by atoms with Gasteiger partial charge in [-0.3, -0.25) is 4.98 Å². The highest BCUT2D eigenvalue weighted by Crippen LogP contribution is 2.20. The summed E-state index contributed by atoms with van der Waals surface area (Å²) in [5.41, 5.74) is 2.62. The number of urea groups is 1. The van der Waals surface area contributed by atoms with Crippen molar-refractivity contribution in [2.45, 2.75) is 19.9 Å². The molecule has 0 radical (unpaired) electrons. The van der Waals surface area contributed by atoms with Crippen molar-refractivity contribution in [3.63, 3.8) is 0 Å². The molecule has 5 heteroatoms. The van der Waals surface area contributed by atoms with Gasteiger partial charge in [-0.15, -0.1) is 0 Å². The number of aromatic nitrogens is 1. The normalized spacial score (nSPS) is 11.8. The van der Waals surface area contributed by atoms with E-state index in [0.29, 0.717) is 0 Å². The Balaban J connectivity index is 1.99. The Bertz CT molecular complexity index is 601. The molecular weight excluding hydrogens is 318 g/mol. The van der Waals surface area contributed by atoms with E-state index < -0.39 is 0 Å². The van der Waals surface area contributed by atoms with Gasteiger partial charge >= 0.3 is 6.03 Å². The van der Waals surface area contributed by atoms with Crippen LogP contribution in [0.5, 0.6) is 0 Å². The molecule has 20 heavy (non-hydrogen) atoms. The Labute approximate surface area is 126 Å². The number of carbonyl (C=O) groups is 1. The topological polar surface area (TPSA) is 54.0 Å². The van der Waals surface area contributed by atoms with Gasteiger partial charge in [-0.1, -0.05) is 22.0 Å². The predicted octanol–water partition coefficient (Wildman–Crippen LogP) is 4.04. The van der Waals surface area contributed by atoms with Gasteiger partial charge in [0.05, 0.1) is 11.7 Å². The standard InChI is InChI=1S/C15H16BrN3O/c1-10-9-12(16)6-7-13(10)19-15(20)18-11(2)14-5-3-4-8-17-14/h3-9,11H,1-2H3,(H2,18,19,20)/t11-/m0/s1. The van der Waals surface area contributed by atoms with Crippen LogP contribution in [-0.2, 0) is 0 Å². The number of pyridine rings is 1. The minimum atomic E-state index is -0.242. The average molecular weight is 334 g/mol. The lowest BCUT2D eigenvalue weighted by Crippen LogP contribution is -2.31. The number of aryl methyl sites for hydroxylation is 1. The van der Waals surface area contributed by atoms with Gasteiger partial charge in [0.1, 0.15) is 0 Å². The summed E-state index contributed by atoms with van der Waals surface area (Å²) < 4.78 is 0.989. The summed E-state index contributed by atoms with van der Waals surface area (Å²) in [6.45, 7) is 3.85. The third kappa shape index (κ3) is 3.81. The molecule has 0 unspecified atom stereocenters. The first kappa shape index (κ1) is 14.5. The van der Waals surface area contributed by atoms with Gasteiger partial charge in [0.2, 0.25) is 0 Å². The molecule has 2 amide bonds. The molecule has 0 bridgehead atoms. The van der Waals surface area contributed by atoms with E-state index in [1.54, 1.807) is 6.20 Å². The molecule has 0 aliphatic carbocycles. The molecule has 0 spiro atoms. The van der Waals surface area contributed by atoms with E-state index in [0.717, 1.165) is 21.4 Å². The molecule has 1 aromatic heterocycles. The number of nitrogens with zero attached hydrogens (tertiary/aromatic N) is 1. The van der Waals surface area contributed by atoms with Crippen molar-refractivity contribution in [1.29, 1.82) is 0 Å². The summed E-state index contributed by atoms with van der Waals surface area (Å²) >= 11 is 3.40. The van der Waals surface area contributed by atoms with Crippen molar-refractivity contribution >= 4 is 27.6 Å². The number of carbonyl (C=O) groups excluding carboxylic acids is 1. The Kier molecular flexibility index (Phi) is 4.74. The van der Waals surface area contributed by atoms with Crippen LogP contribution < -0.4 is 10.6 Å². The van der Waals surface area contributed by atoms with E-state index in [4.69, 9.17) is 0 Å². The molecule has 1 atom stereocenters. The van der Waals surface area contributed by atoms with Crippen LogP contribution >= 0.6 is 15.9 Å². The average Bonchev–Trinajstić information content (AvgIpc) is 2.43. The number of hydrogen-bond acceptors (Lipinski definition) is 2. The number of hydrogen-bond donors (Lipinski definition) is 2. The molecule has 4 nitrogen and oxygen atoms in total. The monoisotopic (exact) mass is 333 g/mol. The first-order valence-electron chi connectivity index (χ1n) is 6.31. The zero-order valence-corrected chi connectivity index (χ0v) is 12.9. The first-order valence-corrected chi connectivity index (χ1v) is 7.10. The van der Waals surface area contributed by atoms with Crippen molar-refractivity contribution in [1.82, 2.24) is 10.3 Å². The first-order chi connectivity index (χ1) is 9.56. The van der Waals surface area contributed by atoms with E-state index in [9.17, 15) is 4.79 Å². The molecule has 104 valence electrons.